The number of carbonyl (C=O) groups is 1. The molecule has 1 rings (SSSR count). The summed E-state index contributed by atoms with van der Waals surface area (Å²) in [5.74, 6) is 0.704. The molecule has 2 N–H and O–H groups in total. The smallest absolute Gasteiger partial charge is 0.226 e. The predicted molar refractivity (Wildman–Crippen MR) is 72.3 cm³/mol. The third-order valence-electron chi connectivity index (χ3n) is 2.08. The minimum Gasteiger partial charge on any atom is -0.497 e. The van der Waals surface area contributed by atoms with Gasteiger partial charge in [0.1, 0.15) is 5.75 Å². The molecule has 0 bridgehead atoms. The van der Waals surface area contributed by atoms with Crippen molar-refractivity contribution in [2.75, 3.05) is 12.4 Å². The maximum atomic E-state index is 11.3. The summed E-state index contributed by atoms with van der Waals surface area (Å²) in [7, 11) is 1.61. The molecule has 0 aliphatic heterocycles. The minimum atomic E-state index is -0.0708. The van der Waals surface area contributed by atoms with Crippen LogP contribution < -0.4 is 15.4 Å². The van der Waals surface area contributed by atoms with Gasteiger partial charge < -0.3 is 15.4 Å². The number of carbonyl (C=O) groups excluding carboxylic acids is 1. The molecule has 0 heterocycles. The molecule has 5 heteroatoms. The number of rotatable bonds is 4. The van der Waals surface area contributed by atoms with Crippen LogP contribution in [0.25, 0.3) is 0 Å². The van der Waals surface area contributed by atoms with Gasteiger partial charge in [-0.3, -0.25) is 4.79 Å². The normalized spacial score (nSPS) is 9.53. The van der Waals surface area contributed by atoms with E-state index in [9.17, 15) is 4.79 Å². The molecule has 4 nitrogen and oxygen atoms in total. The van der Waals surface area contributed by atoms with Gasteiger partial charge in [-0.05, 0) is 42.9 Å². The van der Waals surface area contributed by atoms with Crippen LogP contribution in [0.1, 0.15) is 19.8 Å². The van der Waals surface area contributed by atoms with Gasteiger partial charge in [0.2, 0.25) is 5.91 Å². The molecule has 0 atom stereocenters. The lowest BCUT2D eigenvalue weighted by atomic mass is 10.3. The summed E-state index contributed by atoms with van der Waals surface area (Å²) in [5.41, 5.74) is 0.813. The first kappa shape index (κ1) is 13.4. The van der Waals surface area contributed by atoms with Gasteiger partial charge in [0.05, 0.1) is 7.11 Å². The lowest BCUT2D eigenvalue weighted by Crippen LogP contribution is -2.33. The predicted octanol–water partition coefficient (Wildman–Crippen LogP) is 2.31. The molecule has 1 aromatic rings. The summed E-state index contributed by atoms with van der Waals surface area (Å²) >= 11 is 5.01. The molecule has 0 unspecified atom stereocenters. The molecular formula is C12H16N2O2S. The zero-order chi connectivity index (χ0) is 12.7. The van der Waals surface area contributed by atoms with Gasteiger partial charge in [0.25, 0.3) is 0 Å². The molecule has 0 saturated carbocycles. The Bertz CT molecular complexity index is 390. The van der Waals surface area contributed by atoms with E-state index in [0.29, 0.717) is 11.5 Å². The molecule has 92 valence electrons. The fourth-order valence-corrected chi connectivity index (χ4v) is 1.48. The Balaban J connectivity index is 2.47. The van der Waals surface area contributed by atoms with Gasteiger partial charge in [0.15, 0.2) is 5.11 Å². The van der Waals surface area contributed by atoms with Gasteiger partial charge in [-0.1, -0.05) is 6.92 Å². The van der Waals surface area contributed by atoms with E-state index in [1.807, 2.05) is 31.2 Å². The van der Waals surface area contributed by atoms with Crippen LogP contribution in [-0.4, -0.2) is 18.1 Å². The molecule has 0 radical (unpaired) electrons. The highest BCUT2D eigenvalue weighted by Crippen LogP contribution is 2.14. The van der Waals surface area contributed by atoms with Crippen molar-refractivity contribution in [3.8, 4) is 5.75 Å². The number of benzene rings is 1. The molecule has 0 aliphatic rings. The van der Waals surface area contributed by atoms with Gasteiger partial charge in [-0.25, -0.2) is 0 Å². The molecule has 0 aromatic heterocycles. The fraction of sp³-hybridized carbons (Fsp3) is 0.333. The second kappa shape index (κ2) is 6.85. The van der Waals surface area contributed by atoms with Gasteiger partial charge >= 0.3 is 0 Å². The number of nitrogens with one attached hydrogen (secondary N) is 2. The Kier molecular flexibility index (Phi) is 5.42. The van der Waals surface area contributed by atoms with Crippen LogP contribution in [0.2, 0.25) is 0 Å². The van der Waals surface area contributed by atoms with E-state index in [4.69, 9.17) is 17.0 Å². The molecule has 1 aromatic carbocycles. The molecule has 17 heavy (non-hydrogen) atoms. The first-order chi connectivity index (χ1) is 8.15. The molecule has 0 saturated heterocycles. The van der Waals surface area contributed by atoms with Crippen LogP contribution in [0.5, 0.6) is 5.75 Å². The van der Waals surface area contributed by atoms with Crippen molar-refractivity contribution in [2.45, 2.75) is 19.8 Å². The SMILES string of the molecule is CCCC(=O)NC(=S)Nc1ccc(OC)cc1. The van der Waals surface area contributed by atoms with Crippen LogP contribution in [0.4, 0.5) is 5.69 Å². The van der Waals surface area contributed by atoms with Crippen molar-refractivity contribution in [3.63, 3.8) is 0 Å². The quantitative estimate of drug-likeness (QED) is 0.807. The third-order valence-corrected chi connectivity index (χ3v) is 2.28. The first-order valence-electron chi connectivity index (χ1n) is 5.40. The number of ether oxygens (including phenoxy) is 1. The first-order valence-corrected chi connectivity index (χ1v) is 5.81. The minimum absolute atomic E-state index is 0.0708. The Hall–Kier alpha value is -1.62. The lowest BCUT2D eigenvalue weighted by molar-refractivity contribution is -0.119. The molecule has 0 spiro atoms. The van der Waals surface area contributed by atoms with Crippen molar-refractivity contribution in [2.24, 2.45) is 0 Å². The number of amides is 1. The van der Waals surface area contributed by atoms with Crippen molar-refractivity contribution in [1.82, 2.24) is 5.32 Å². The van der Waals surface area contributed by atoms with Crippen LogP contribution in [0.3, 0.4) is 0 Å². The van der Waals surface area contributed by atoms with Crippen molar-refractivity contribution in [1.29, 1.82) is 0 Å². The summed E-state index contributed by atoms with van der Waals surface area (Å²) in [6, 6.07) is 7.30. The highest BCUT2D eigenvalue weighted by atomic mass is 32.1. The Morgan fingerprint density at radius 2 is 2.00 bits per heavy atom. The molecule has 0 fully saturated rings. The second-order valence-corrected chi connectivity index (χ2v) is 3.89. The van der Waals surface area contributed by atoms with Crippen LogP contribution >= 0.6 is 12.2 Å². The Labute approximate surface area is 106 Å². The summed E-state index contributed by atoms with van der Waals surface area (Å²) in [6.07, 6.45) is 1.28. The van der Waals surface area contributed by atoms with E-state index >= 15 is 0 Å². The Morgan fingerprint density at radius 1 is 1.35 bits per heavy atom. The van der Waals surface area contributed by atoms with Crippen molar-refractivity contribution >= 4 is 28.9 Å². The van der Waals surface area contributed by atoms with Crippen LogP contribution in [0, 0.1) is 0 Å². The van der Waals surface area contributed by atoms with E-state index in [-0.39, 0.29) is 5.91 Å². The molecule has 0 aliphatic carbocycles. The van der Waals surface area contributed by atoms with E-state index in [1.54, 1.807) is 7.11 Å². The van der Waals surface area contributed by atoms with Gasteiger partial charge in [-0.15, -0.1) is 0 Å². The lowest BCUT2D eigenvalue weighted by Gasteiger charge is -2.09. The third kappa shape index (κ3) is 4.82. The monoisotopic (exact) mass is 252 g/mol. The van der Waals surface area contributed by atoms with Crippen LogP contribution in [0.15, 0.2) is 24.3 Å². The van der Waals surface area contributed by atoms with Gasteiger partial charge in [0, 0.05) is 12.1 Å². The topological polar surface area (TPSA) is 50.4 Å². The van der Waals surface area contributed by atoms with Gasteiger partial charge in [-0.2, -0.15) is 0 Å². The number of methoxy groups -OCH3 is 1. The maximum absolute atomic E-state index is 11.3. The maximum Gasteiger partial charge on any atom is 0.226 e. The summed E-state index contributed by atoms with van der Waals surface area (Å²) in [4.78, 5) is 11.3. The zero-order valence-corrected chi connectivity index (χ0v) is 10.8. The average molecular weight is 252 g/mol. The fourth-order valence-electron chi connectivity index (χ4n) is 1.25. The number of thiocarbonyl (C=S) groups is 1. The number of hydrogen-bond acceptors (Lipinski definition) is 3. The average Bonchev–Trinajstić information content (AvgIpc) is 2.30. The van der Waals surface area contributed by atoms with Crippen molar-refractivity contribution < 1.29 is 9.53 Å². The van der Waals surface area contributed by atoms with E-state index in [2.05, 4.69) is 10.6 Å². The summed E-state index contributed by atoms with van der Waals surface area (Å²) in [5, 5.41) is 5.85. The molecular weight excluding hydrogens is 236 g/mol. The summed E-state index contributed by atoms with van der Waals surface area (Å²) in [6.45, 7) is 1.94. The van der Waals surface area contributed by atoms with Crippen LogP contribution in [-0.2, 0) is 4.79 Å². The highest BCUT2D eigenvalue weighted by molar-refractivity contribution is 7.80. The Morgan fingerprint density at radius 3 is 2.53 bits per heavy atom. The highest BCUT2D eigenvalue weighted by Gasteiger charge is 2.03. The standard InChI is InChI=1S/C12H16N2O2S/c1-3-4-11(15)14-12(17)13-9-5-7-10(16-2)8-6-9/h5-8H,3-4H2,1-2H3,(H2,13,14,15,17). The van der Waals surface area contributed by atoms with E-state index in [1.165, 1.54) is 0 Å². The van der Waals surface area contributed by atoms with E-state index in [0.717, 1.165) is 17.9 Å². The second-order valence-electron chi connectivity index (χ2n) is 3.48. The summed E-state index contributed by atoms with van der Waals surface area (Å²) < 4.78 is 5.04. The zero-order valence-electron chi connectivity index (χ0n) is 9.95. The molecule has 1 amide bonds. The van der Waals surface area contributed by atoms with E-state index < -0.39 is 0 Å². The number of hydrogen-bond donors (Lipinski definition) is 2. The largest absolute Gasteiger partial charge is 0.497 e. The van der Waals surface area contributed by atoms with Crippen molar-refractivity contribution in [3.05, 3.63) is 24.3 Å². The number of anilines is 1.